The molecule has 0 radical (unpaired) electrons. The first kappa shape index (κ1) is 21.3. The van der Waals surface area contributed by atoms with Gasteiger partial charge in [0.2, 0.25) is 12.5 Å². The molecular formula is C24H27N3O6. The van der Waals surface area contributed by atoms with E-state index in [1.165, 1.54) is 0 Å². The van der Waals surface area contributed by atoms with Crippen molar-refractivity contribution in [3.05, 3.63) is 41.1 Å². The van der Waals surface area contributed by atoms with E-state index in [0.717, 1.165) is 35.0 Å². The third kappa shape index (κ3) is 3.58. The lowest BCUT2D eigenvalue weighted by Crippen LogP contribution is -2.40. The van der Waals surface area contributed by atoms with E-state index in [1.807, 2.05) is 31.3 Å². The highest BCUT2D eigenvalue weighted by Gasteiger charge is 2.34. The third-order valence-electron chi connectivity index (χ3n) is 6.37. The maximum Gasteiger partial charge on any atom is 0.267 e. The van der Waals surface area contributed by atoms with E-state index < -0.39 is 0 Å². The van der Waals surface area contributed by atoms with E-state index in [0.29, 0.717) is 41.0 Å². The molecule has 0 unspecified atom stereocenters. The molecule has 1 amide bonds. The van der Waals surface area contributed by atoms with Crippen molar-refractivity contribution in [2.24, 2.45) is 0 Å². The number of benzene rings is 2. The number of ether oxygens (including phenoxy) is 5. The van der Waals surface area contributed by atoms with E-state index in [9.17, 15) is 4.79 Å². The Balaban J connectivity index is 1.40. The van der Waals surface area contributed by atoms with E-state index >= 15 is 0 Å². The van der Waals surface area contributed by atoms with Gasteiger partial charge in [-0.1, -0.05) is 0 Å². The van der Waals surface area contributed by atoms with Gasteiger partial charge in [-0.05, 0) is 37.2 Å². The van der Waals surface area contributed by atoms with Crippen molar-refractivity contribution in [2.75, 3.05) is 48.3 Å². The highest BCUT2D eigenvalue weighted by Crippen LogP contribution is 2.49. The second kappa shape index (κ2) is 8.40. The average Bonchev–Trinajstić information content (AvgIpc) is 3.47. The molecule has 174 valence electrons. The Kier molecular flexibility index (Phi) is 5.41. The highest BCUT2D eigenvalue weighted by atomic mass is 16.7. The van der Waals surface area contributed by atoms with Crippen molar-refractivity contribution in [1.29, 1.82) is 0 Å². The molecule has 2 aliphatic rings. The number of rotatable bonds is 6. The lowest BCUT2D eigenvalue weighted by molar-refractivity contribution is 0.0931. The van der Waals surface area contributed by atoms with Gasteiger partial charge < -0.3 is 34.0 Å². The topological polar surface area (TPSA) is 94.3 Å². The first-order valence-electron chi connectivity index (χ1n) is 10.8. The van der Waals surface area contributed by atoms with Crippen molar-refractivity contribution in [3.8, 4) is 28.7 Å². The average molecular weight is 453 g/mol. The number of likely N-dealkylation sites (N-methyl/N-ethyl adjacent to an activating group) is 1. The maximum atomic E-state index is 13.0. The summed E-state index contributed by atoms with van der Waals surface area (Å²) in [6.07, 6.45) is 0.870. The standard InChI is InChI=1S/C24H27N3O6/c1-27-6-5-13-8-20-22(33-12-32-20)23(31-4)21(13)17(27)11-25-24(28)16-7-14-9-18(29-2)19(30-3)10-15(14)26-16/h7-10,17,26H,5-6,11-12H2,1-4H3,(H,25,28)/t17-/m1/s1. The van der Waals surface area contributed by atoms with Gasteiger partial charge in [-0.15, -0.1) is 0 Å². The smallest absolute Gasteiger partial charge is 0.267 e. The molecular weight excluding hydrogens is 426 g/mol. The van der Waals surface area contributed by atoms with Crippen LogP contribution in [0.25, 0.3) is 10.9 Å². The zero-order valence-electron chi connectivity index (χ0n) is 19.1. The van der Waals surface area contributed by atoms with Gasteiger partial charge in [0.05, 0.1) is 27.4 Å². The van der Waals surface area contributed by atoms with Gasteiger partial charge in [0.15, 0.2) is 23.0 Å². The summed E-state index contributed by atoms with van der Waals surface area (Å²) >= 11 is 0. The van der Waals surface area contributed by atoms with Crippen LogP contribution >= 0.6 is 0 Å². The molecule has 0 aliphatic carbocycles. The maximum absolute atomic E-state index is 13.0. The Bertz CT molecular complexity index is 1180. The summed E-state index contributed by atoms with van der Waals surface area (Å²) < 4.78 is 27.7. The summed E-state index contributed by atoms with van der Waals surface area (Å²) in [7, 11) is 6.85. The molecule has 3 heterocycles. The summed E-state index contributed by atoms with van der Waals surface area (Å²) in [6, 6.07) is 7.44. The molecule has 0 fully saturated rings. The molecule has 1 aromatic heterocycles. The van der Waals surface area contributed by atoms with Crippen LogP contribution in [0, 0.1) is 0 Å². The first-order chi connectivity index (χ1) is 16.0. The Morgan fingerprint density at radius 1 is 1.12 bits per heavy atom. The molecule has 1 atom stereocenters. The van der Waals surface area contributed by atoms with Crippen LogP contribution in [0.15, 0.2) is 24.3 Å². The normalized spacial score (nSPS) is 17.0. The SMILES string of the molecule is COc1cc2cc(C(=O)NC[C@@H]3c4c(cc5c(c4OC)OCO5)CCN3C)[nH]c2cc1OC. The summed E-state index contributed by atoms with van der Waals surface area (Å²) in [6.45, 7) is 1.46. The minimum absolute atomic E-state index is 0.0632. The second-order valence-electron chi connectivity index (χ2n) is 8.15. The summed E-state index contributed by atoms with van der Waals surface area (Å²) in [5, 5.41) is 3.94. The van der Waals surface area contributed by atoms with Crippen LogP contribution in [-0.2, 0) is 6.42 Å². The minimum atomic E-state index is -0.190. The van der Waals surface area contributed by atoms with E-state index in [1.54, 1.807) is 21.3 Å². The van der Waals surface area contributed by atoms with Crippen molar-refractivity contribution in [1.82, 2.24) is 15.2 Å². The number of H-pyrrole nitrogens is 1. The van der Waals surface area contributed by atoms with Crippen molar-refractivity contribution < 1.29 is 28.5 Å². The minimum Gasteiger partial charge on any atom is -0.493 e. The molecule has 0 bridgehead atoms. The Hall–Kier alpha value is -3.59. The lowest BCUT2D eigenvalue weighted by atomic mass is 9.91. The van der Waals surface area contributed by atoms with E-state index in [-0.39, 0.29) is 18.7 Å². The summed E-state index contributed by atoms with van der Waals surface area (Å²) in [4.78, 5) is 18.4. The number of aromatic amines is 1. The Labute approximate surface area is 191 Å². The molecule has 0 saturated carbocycles. The van der Waals surface area contributed by atoms with Gasteiger partial charge in [0.1, 0.15) is 5.69 Å². The molecule has 9 heteroatoms. The largest absolute Gasteiger partial charge is 0.493 e. The number of aromatic nitrogens is 1. The molecule has 5 rings (SSSR count). The van der Waals surface area contributed by atoms with Gasteiger partial charge >= 0.3 is 0 Å². The molecule has 2 aliphatic heterocycles. The van der Waals surface area contributed by atoms with Gasteiger partial charge in [-0.2, -0.15) is 0 Å². The zero-order chi connectivity index (χ0) is 23.1. The molecule has 0 saturated heterocycles. The third-order valence-corrected chi connectivity index (χ3v) is 6.37. The number of nitrogens with zero attached hydrogens (tertiary/aromatic N) is 1. The summed E-state index contributed by atoms with van der Waals surface area (Å²) in [5.41, 5.74) is 3.45. The number of amides is 1. The molecule has 0 spiro atoms. The number of carbonyl (C=O) groups is 1. The molecule has 3 aromatic rings. The molecule has 2 N–H and O–H groups in total. The van der Waals surface area contributed by atoms with Gasteiger partial charge in [0, 0.05) is 35.6 Å². The van der Waals surface area contributed by atoms with Gasteiger partial charge in [-0.25, -0.2) is 0 Å². The Morgan fingerprint density at radius 2 is 1.91 bits per heavy atom. The van der Waals surface area contributed by atoms with Gasteiger partial charge in [-0.3, -0.25) is 9.69 Å². The van der Waals surface area contributed by atoms with Gasteiger partial charge in [0.25, 0.3) is 5.91 Å². The molecule has 9 nitrogen and oxygen atoms in total. The van der Waals surface area contributed by atoms with Crippen LogP contribution in [0.3, 0.4) is 0 Å². The van der Waals surface area contributed by atoms with Crippen LogP contribution < -0.4 is 29.0 Å². The van der Waals surface area contributed by atoms with E-state index in [4.69, 9.17) is 23.7 Å². The molecule has 33 heavy (non-hydrogen) atoms. The number of carbonyl (C=O) groups excluding carboxylic acids is 1. The van der Waals surface area contributed by atoms with E-state index in [2.05, 4.69) is 15.2 Å². The van der Waals surface area contributed by atoms with Crippen LogP contribution in [0.5, 0.6) is 28.7 Å². The highest BCUT2D eigenvalue weighted by molar-refractivity contribution is 5.98. The number of fused-ring (bicyclic) bond motifs is 3. The zero-order valence-corrected chi connectivity index (χ0v) is 19.1. The number of methoxy groups -OCH3 is 3. The van der Waals surface area contributed by atoms with Crippen LogP contribution in [0.4, 0.5) is 0 Å². The number of hydrogen-bond acceptors (Lipinski definition) is 7. The second-order valence-corrected chi connectivity index (χ2v) is 8.15. The molecule has 2 aromatic carbocycles. The van der Waals surface area contributed by atoms with Crippen molar-refractivity contribution in [2.45, 2.75) is 12.5 Å². The van der Waals surface area contributed by atoms with Crippen molar-refractivity contribution >= 4 is 16.8 Å². The Morgan fingerprint density at radius 3 is 2.67 bits per heavy atom. The predicted molar refractivity (Wildman–Crippen MR) is 122 cm³/mol. The lowest BCUT2D eigenvalue weighted by Gasteiger charge is -2.35. The number of hydrogen-bond donors (Lipinski definition) is 2. The monoisotopic (exact) mass is 453 g/mol. The quantitative estimate of drug-likeness (QED) is 0.593. The summed E-state index contributed by atoms with van der Waals surface area (Å²) in [5.74, 6) is 3.04. The van der Waals surface area contributed by atoms with Crippen LogP contribution in [0.2, 0.25) is 0 Å². The number of nitrogens with one attached hydrogen (secondary N) is 2. The fraction of sp³-hybridized carbons (Fsp3) is 0.375. The van der Waals surface area contributed by atoms with Crippen molar-refractivity contribution in [3.63, 3.8) is 0 Å². The predicted octanol–water partition coefficient (Wildman–Crippen LogP) is 2.88. The first-order valence-corrected chi connectivity index (χ1v) is 10.8. The van der Waals surface area contributed by atoms with Crippen LogP contribution in [-0.4, -0.2) is 64.1 Å². The fourth-order valence-corrected chi connectivity index (χ4v) is 4.65. The fourth-order valence-electron chi connectivity index (χ4n) is 4.65. The van der Waals surface area contributed by atoms with Crippen LogP contribution in [0.1, 0.15) is 27.7 Å².